The summed E-state index contributed by atoms with van der Waals surface area (Å²) in [5.41, 5.74) is 3.81. The molecule has 7 heteroatoms. The molecule has 3 N–H and O–H groups in total. The Labute approximate surface area is 164 Å². The normalized spacial score (nSPS) is 23.9. The molecule has 0 saturated carbocycles. The predicted molar refractivity (Wildman–Crippen MR) is 106 cm³/mol. The van der Waals surface area contributed by atoms with Crippen LogP contribution < -0.4 is 15.0 Å². The number of rotatable bonds is 2. The Bertz CT molecular complexity index is 911. The van der Waals surface area contributed by atoms with Gasteiger partial charge in [-0.1, -0.05) is 0 Å². The van der Waals surface area contributed by atoms with Gasteiger partial charge in [-0.15, -0.1) is 10.2 Å². The first kappa shape index (κ1) is 17.7. The van der Waals surface area contributed by atoms with Crippen molar-refractivity contribution in [2.24, 2.45) is 0 Å². The third-order valence-corrected chi connectivity index (χ3v) is 6.22. The van der Waals surface area contributed by atoms with E-state index in [1.165, 1.54) is 0 Å². The number of anilines is 1. The molecule has 1 saturated heterocycles. The second-order valence-corrected chi connectivity index (χ2v) is 8.00. The minimum Gasteiger partial charge on any atom is -0.507 e. The quantitative estimate of drug-likeness (QED) is 0.733. The fraction of sp³-hybridized carbons (Fsp3) is 0.524. The van der Waals surface area contributed by atoms with E-state index < -0.39 is 6.10 Å². The van der Waals surface area contributed by atoms with Crippen LogP contribution in [0.3, 0.4) is 0 Å². The number of fused-ring (bicyclic) bond motifs is 2. The molecule has 0 bridgehead atoms. The van der Waals surface area contributed by atoms with E-state index >= 15 is 0 Å². The smallest absolute Gasteiger partial charge is 0.157 e. The van der Waals surface area contributed by atoms with Crippen LogP contribution >= 0.6 is 0 Å². The molecular weight excluding hydrogens is 356 g/mol. The highest BCUT2D eigenvalue weighted by Gasteiger charge is 2.32. The van der Waals surface area contributed by atoms with Crippen LogP contribution in [0, 0.1) is 6.92 Å². The van der Waals surface area contributed by atoms with Crippen LogP contribution in [0.1, 0.15) is 42.1 Å². The van der Waals surface area contributed by atoms with Gasteiger partial charge in [0, 0.05) is 42.2 Å². The van der Waals surface area contributed by atoms with Crippen LogP contribution in [0.25, 0.3) is 11.3 Å². The number of aromatic nitrogens is 2. The summed E-state index contributed by atoms with van der Waals surface area (Å²) in [6, 6.07) is 4.24. The molecule has 28 heavy (non-hydrogen) atoms. The summed E-state index contributed by atoms with van der Waals surface area (Å²) < 4.78 is 5.59. The lowest BCUT2D eigenvalue weighted by Gasteiger charge is -2.40. The van der Waals surface area contributed by atoms with Gasteiger partial charge in [-0.05, 0) is 50.4 Å². The molecule has 1 aromatic carbocycles. The van der Waals surface area contributed by atoms with Crippen LogP contribution in [-0.4, -0.2) is 52.7 Å². The van der Waals surface area contributed by atoms with Gasteiger partial charge in [0.1, 0.15) is 11.5 Å². The van der Waals surface area contributed by atoms with Crippen LogP contribution in [0.15, 0.2) is 12.1 Å². The number of phenols is 1. The second kappa shape index (κ2) is 6.90. The maximum absolute atomic E-state index is 10.8. The molecule has 1 unspecified atom stereocenters. The molecule has 3 aliphatic heterocycles. The fourth-order valence-electron chi connectivity index (χ4n) is 4.74. The molecule has 2 aromatic rings. The van der Waals surface area contributed by atoms with E-state index in [2.05, 4.69) is 20.4 Å². The Morgan fingerprint density at radius 2 is 2.14 bits per heavy atom. The van der Waals surface area contributed by atoms with Gasteiger partial charge < -0.3 is 25.2 Å². The molecular formula is C21H26N4O3. The summed E-state index contributed by atoms with van der Waals surface area (Å²) in [5.74, 6) is 1.75. The maximum atomic E-state index is 10.8. The SMILES string of the molecule is Cc1cc2c(c(O)c1-c1cc3c(nn1)N([C@@H]1CCCNC1)CCC3O)CCO2. The van der Waals surface area contributed by atoms with Crippen LogP contribution in [0.5, 0.6) is 11.5 Å². The number of phenolic OH excluding ortho intramolecular Hbond substituents is 1. The van der Waals surface area contributed by atoms with Crippen molar-refractivity contribution >= 4 is 5.82 Å². The van der Waals surface area contributed by atoms with E-state index in [9.17, 15) is 10.2 Å². The number of hydrogen-bond acceptors (Lipinski definition) is 7. The number of nitrogens with one attached hydrogen (secondary N) is 1. The van der Waals surface area contributed by atoms with Crippen molar-refractivity contribution in [1.82, 2.24) is 15.5 Å². The van der Waals surface area contributed by atoms with Crippen molar-refractivity contribution in [1.29, 1.82) is 0 Å². The molecule has 0 aliphatic carbocycles. The van der Waals surface area contributed by atoms with Gasteiger partial charge in [-0.2, -0.15) is 0 Å². The Morgan fingerprint density at radius 1 is 1.25 bits per heavy atom. The number of aliphatic hydroxyl groups is 1. The average Bonchev–Trinajstić information content (AvgIpc) is 3.18. The van der Waals surface area contributed by atoms with Gasteiger partial charge in [0.15, 0.2) is 5.82 Å². The lowest BCUT2D eigenvalue weighted by Crippen LogP contribution is -2.49. The average molecular weight is 382 g/mol. The number of aromatic hydroxyl groups is 1. The highest BCUT2D eigenvalue weighted by molar-refractivity contribution is 5.76. The Morgan fingerprint density at radius 3 is 2.96 bits per heavy atom. The third kappa shape index (κ3) is 2.81. The molecule has 5 rings (SSSR count). The van der Waals surface area contributed by atoms with Gasteiger partial charge >= 0.3 is 0 Å². The molecule has 1 fully saturated rings. The van der Waals surface area contributed by atoms with Crippen LogP contribution in [0.4, 0.5) is 5.82 Å². The summed E-state index contributed by atoms with van der Waals surface area (Å²) in [6.45, 7) is 5.31. The molecule has 3 aliphatic rings. The summed E-state index contributed by atoms with van der Waals surface area (Å²) in [4.78, 5) is 2.29. The number of nitrogens with zero attached hydrogens (tertiary/aromatic N) is 3. The number of piperidine rings is 1. The van der Waals surface area contributed by atoms with Crippen molar-refractivity contribution in [3.8, 4) is 22.8 Å². The number of aliphatic hydroxyl groups excluding tert-OH is 1. The van der Waals surface area contributed by atoms with E-state index in [0.717, 1.165) is 60.7 Å². The highest BCUT2D eigenvalue weighted by atomic mass is 16.5. The molecule has 0 radical (unpaired) electrons. The van der Waals surface area contributed by atoms with E-state index in [-0.39, 0.29) is 5.75 Å². The molecule has 4 heterocycles. The zero-order valence-electron chi connectivity index (χ0n) is 16.1. The Balaban J connectivity index is 1.57. The number of aryl methyl sites for hydroxylation is 1. The van der Waals surface area contributed by atoms with Crippen molar-refractivity contribution < 1.29 is 14.9 Å². The monoisotopic (exact) mass is 382 g/mol. The third-order valence-electron chi connectivity index (χ3n) is 6.22. The van der Waals surface area contributed by atoms with E-state index in [1.807, 2.05) is 19.1 Å². The maximum Gasteiger partial charge on any atom is 0.157 e. The van der Waals surface area contributed by atoms with Crippen molar-refractivity contribution in [3.63, 3.8) is 0 Å². The van der Waals surface area contributed by atoms with Crippen molar-refractivity contribution in [2.75, 3.05) is 31.1 Å². The van der Waals surface area contributed by atoms with Crippen LogP contribution in [-0.2, 0) is 6.42 Å². The highest BCUT2D eigenvalue weighted by Crippen LogP contribution is 2.44. The molecule has 7 nitrogen and oxygen atoms in total. The van der Waals surface area contributed by atoms with Crippen molar-refractivity contribution in [3.05, 3.63) is 28.8 Å². The summed E-state index contributed by atoms with van der Waals surface area (Å²) in [5, 5.41) is 33.9. The van der Waals surface area contributed by atoms with E-state index in [4.69, 9.17) is 4.74 Å². The summed E-state index contributed by atoms with van der Waals surface area (Å²) >= 11 is 0. The standard InChI is InChI=1S/C21H26N4O3/c1-12-9-18-14(5-8-28-18)20(27)19(12)16-10-15-17(26)4-7-25(21(15)24-23-16)13-3-2-6-22-11-13/h9-10,13,17,22,26-27H,2-8,11H2,1H3/t13-,17?/m1/s1. The first-order chi connectivity index (χ1) is 13.6. The summed E-state index contributed by atoms with van der Waals surface area (Å²) in [7, 11) is 0. The largest absolute Gasteiger partial charge is 0.507 e. The Hall–Kier alpha value is -2.38. The Kier molecular flexibility index (Phi) is 4.36. The van der Waals surface area contributed by atoms with E-state index in [0.29, 0.717) is 36.7 Å². The topological polar surface area (TPSA) is 90.7 Å². The zero-order valence-corrected chi connectivity index (χ0v) is 16.1. The molecule has 0 amide bonds. The minimum atomic E-state index is -0.558. The number of benzene rings is 1. The molecule has 1 aromatic heterocycles. The van der Waals surface area contributed by atoms with Crippen LogP contribution in [0.2, 0.25) is 0 Å². The van der Waals surface area contributed by atoms with Gasteiger partial charge in [0.25, 0.3) is 0 Å². The lowest BCUT2D eigenvalue weighted by molar-refractivity contribution is 0.160. The van der Waals surface area contributed by atoms with Gasteiger partial charge in [0.05, 0.1) is 18.4 Å². The van der Waals surface area contributed by atoms with Gasteiger partial charge in [-0.3, -0.25) is 0 Å². The van der Waals surface area contributed by atoms with Gasteiger partial charge in [-0.25, -0.2) is 0 Å². The summed E-state index contributed by atoms with van der Waals surface area (Å²) in [6.07, 6.45) is 3.08. The number of ether oxygens (including phenoxy) is 1. The first-order valence-corrected chi connectivity index (χ1v) is 10.1. The van der Waals surface area contributed by atoms with Crippen molar-refractivity contribution in [2.45, 2.75) is 44.8 Å². The van der Waals surface area contributed by atoms with E-state index in [1.54, 1.807) is 0 Å². The second-order valence-electron chi connectivity index (χ2n) is 8.00. The molecule has 0 spiro atoms. The molecule has 2 atom stereocenters. The first-order valence-electron chi connectivity index (χ1n) is 10.1. The van der Waals surface area contributed by atoms with Gasteiger partial charge in [0.2, 0.25) is 0 Å². The predicted octanol–water partition coefficient (Wildman–Crippen LogP) is 2.09. The number of hydrogen-bond donors (Lipinski definition) is 3. The molecule has 148 valence electrons. The fourth-order valence-corrected chi connectivity index (χ4v) is 4.74. The minimum absolute atomic E-state index is 0.223. The lowest BCUT2D eigenvalue weighted by atomic mass is 9.94. The zero-order chi connectivity index (χ0) is 19.3.